The van der Waals surface area contributed by atoms with Crippen molar-refractivity contribution < 1.29 is 98.1 Å². The third-order valence-corrected chi connectivity index (χ3v) is 17.7. The van der Waals surface area contributed by atoms with E-state index in [1.165, 1.54) is 0 Å². The van der Waals surface area contributed by atoms with E-state index < -0.39 is 58.4 Å². The van der Waals surface area contributed by atoms with Crippen molar-refractivity contribution in [1.29, 1.82) is 0 Å². The Hall–Kier alpha value is -6.29. The van der Waals surface area contributed by atoms with Gasteiger partial charge in [-0.15, -0.1) is 0 Å². The molecule has 25 nitrogen and oxygen atoms in total. The van der Waals surface area contributed by atoms with Gasteiger partial charge in [-0.3, -0.25) is 28.8 Å². The third-order valence-electron chi connectivity index (χ3n) is 16.2. The van der Waals surface area contributed by atoms with E-state index in [0.29, 0.717) is 180 Å². The van der Waals surface area contributed by atoms with Gasteiger partial charge in [0, 0.05) is 86.1 Å². The zero-order chi connectivity index (χ0) is 72.4. The van der Waals surface area contributed by atoms with Crippen LogP contribution >= 0.6 is 11.8 Å². The predicted octanol–water partition coefficient (Wildman–Crippen LogP) is 5.37. The topological polar surface area (TPSA) is 311 Å². The van der Waals surface area contributed by atoms with E-state index in [0.717, 1.165) is 63.5 Å². The lowest BCUT2D eigenvalue weighted by molar-refractivity contribution is -0.128. The molecular formula is C69H106F5N9O16S. The molecule has 0 saturated carbocycles. The quantitative estimate of drug-likeness (QED) is 0.0100. The molecule has 3 heterocycles. The van der Waals surface area contributed by atoms with Crippen molar-refractivity contribution in [1.82, 2.24) is 47.9 Å². The molecule has 3 saturated heterocycles. The van der Waals surface area contributed by atoms with Crippen molar-refractivity contribution in [2.45, 2.75) is 165 Å². The highest BCUT2D eigenvalue weighted by molar-refractivity contribution is 8.00. The molecular weight excluding hydrogens is 1340 g/mol. The molecule has 0 spiro atoms. The fraction of sp³-hybridized carbons (Fsp3) is 0.696. The van der Waals surface area contributed by atoms with Gasteiger partial charge in [0.2, 0.25) is 35.4 Å². The summed E-state index contributed by atoms with van der Waals surface area (Å²) in [7, 11) is 0. The molecule has 0 radical (unpaired) electrons. The Labute approximate surface area is 588 Å². The first-order valence-electron chi connectivity index (χ1n) is 34.8. The number of rotatable bonds is 54. The second kappa shape index (κ2) is 47.8. The summed E-state index contributed by atoms with van der Waals surface area (Å²) in [6.45, 7) is 15.6. The van der Waals surface area contributed by atoms with Crippen LogP contribution in [0.1, 0.15) is 129 Å². The summed E-state index contributed by atoms with van der Waals surface area (Å²) >= 11 is 1.89. The summed E-state index contributed by atoms with van der Waals surface area (Å²) in [6, 6.07) is 5.20. The summed E-state index contributed by atoms with van der Waals surface area (Å²) in [5.74, 6) is -11.6. The lowest BCUT2D eigenvalue weighted by Gasteiger charge is -2.46. The number of thioether (sulfide) groups is 1. The lowest BCUT2D eigenvalue weighted by Crippen LogP contribution is -2.63. The third kappa shape index (κ3) is 35.1. The number of carbonyl (C=O) groups is 7. The van der Waals surface area contributed by atoms with Gasteiger partial charge in [-0.1, -0.05) is 31.4 Å². The highest BCUT2D eigenvalue weighted by atomic mass is 32.2. The van der Waals surface area contributed by atoms with Gasteiger partial charge >= 0.3 is 6.03 Å². The van der Waals surface area contributed by atoms with E-state index in [1.54, 1.807) is 24.3 Å². The largest absolute Gasteiger partial charge is 0.484 e. The van der Waals surface area contributed by atoms with Crippen LogP contribution in [-0.4, -0.2) is 226 Å². The summed E-state index contributed by atoms with van der Waals surface area (Å²) < 4.78 is 120. The maximum Gasteiger partial charge on any atom is 0.315 e. The predicted molar refractivity (Wildman–Crippen MR) is 365 cm³/mol. The highest BCUT2D eigenvalue weighted by Crippen LogP contribution is 2.33. The fourth-order valence-electron chi connectivity index (χ4n) is 11.6. The van der Waals surface area contributed by atoms with E-state index in [9.17, 15) is 55.5 Å². The molecule has 3 aliphatic heterocycles. The first-order chi connectivity index (χ1) is 48.1. The Balaban J connectivity index is 0.729. The Morgan fingerprint density at radius 2 is 0.970 bits per heavy atom. The van der Waals surface area contributed by atoms with Gasteiger partial charge in [-0.25, -0.2) is 26.7 Å². The van der Waals surface area contributed by atoms with E-state index >= 15 is 0 Å². The number of urea groups is 1. The normalized spacial score (nSPS) is 17.3. The van der Waals surface area contributed by atoms with Crippen molar-refractivity contribution in [3.63, 3.8) is 0 Å². The van der Waals surface area contributed by atoms with Crippen molar-refractivity contribution >= 4 is 59.3 Å². The van der Waals surface area contributed by atoms with E-state index in [1.807, 2.05) is 39.5 Å². The number of ether oxygens (including phenoxy) is 9. The van der Waals surface area contributed by atoms with Gasteiger partial charge < -0.3 is 90.5 Å². The van der Waals surface area contributed by atoms with Crippen molar-refractivity contribution in [2.75, 3.05) is 144 Å². The van der Waals surface area contributed by atoms with Crippen LogP contribution in [0.5, 0.6) is 5.75 Å². The smallest absolute Gasteiger partial charge is 0.315 e. The van der Waals surface area contributed by atoms with E-state index in [2.05, 4.69) is 47.9 Å². The molecule has 2 aromatic carbocycles. The molecule has 100 heavy (non-hydrogen) atoms. The minimum atomic E-state index is -2.34. The molecule has 9 N–H and O–H groups in total. The fourth-order valence-corrected chi connectivity index (χ4v) is 13.1. The number of carbonyl (C=O) groups excluding carboxylic acids is 7. The number of halogens is 5. The molecule has 1 unspecified atom stereocenters. The molecule has 564 valence electrons. The van der Waals surface area contributed by atoms with E-state index in [4.69, 9.17) is 42.6 Å². The molecule has 3 aliphatic rings. The second-order valence-corrected chi connectivity index (χ2v) is 27.1. The number of fused-ring (bicyclic) bond motifs is 1. The number of unbranched alkanes of at least 4 members (excludes halogenated alkanes) is 5. The van der Waals surface area contributed by atoms with Crippen LogP contribution in [0.15, 0.2) is 30.3 Å². The number of hydrogen-bond acceptors (Lipinski definition) is 18. The number of benzene rings is 2. The Morgan fingerprint density at radius 3 is 1.45 bits per heavy atom. The van der Waals surface area contributed by atoms with Crippen molar-refractivity contribution in [3.8, 4) is 5.75 Å². The molecule has 3 fully saturated rings. The molecule has 5 rings (SSSR count). The zero-order valence-corrected chi connectivity index (χ0v) is 59.2. The monoisotopic (exact) mass is 1440 g/mol. The van der Waals surface area contributed by atoms with Crippen LogP contribution in [-0.2, 0) is 73.1 Å². The average Bonchev–Trinajstić information content (AvgIpc) is 1.71. The summed E-state index contributed by atoms with van der Waals surface area (Å²) in [5.41, 5.74) is -1.43. The highest BCUT2D eigenvalue weighted by Gasteiger charge is 2.43. The Kier molecular flexibility index (Phi) is 40.3. The molecule has 4 atom stereocenters. The van der Waals surface area contributed by atoms with Gasteiger partial charge in [0.1, 0.15) is 11.8 Å². The average molecular weight is 1440 g/mol. The number of piperidine rings is 1. The SMILES string of the molecule is CC1(C)CC(NC(=O)C(Cc2ccc(OCC(=O)NCCOCCOCCOCCOCCOCCOCCOCCOCCNC(=O)CCCCCNC(=O)CCCCCNC(=O)CCCC[C@@H]3SC[C@@H]4NC(=O)N[C@@H]43)cc2)NC(=O)/C=C/c2c(F)c(F)c(F)c(F)c2F)CC(C)(C)N1. The number of hydrogen-bond donors (Lipinski definition) is 9. The maximum atomic E-state index is 14.3. The molecule has 8 amide bonds. The second-order valence-electron chi connectivity index (χ2n) is 25.8. The van der Waals surface area contributed by atoms with Crippen LogP contribution in [0, 0.1) is 29.1 Å². The lowest BCUT2D eigenvalue weighted by atomic mass is 9.79. The number of nitrogens with one attached hydrogen (secondary N) is 9. The van der Waals surface area contributed by atoms with Gasteiger partial charge in [0.15, 0.2) is 29.9 Å². The Bertz CT molecular complexity index is 2790. The summed E-state index contributed by atoms with van der Waals surface area (Å²) in [4.78, 5) is 87.3. The summed E-state index contributed by atoms with van der Waals surface area (Å²) in [5, 5.41) is 26.9. The van der Waals surface area contributed by atoms with Crippen molar-refractivity contribution in [3.05, 3.63) is 70.6 Å². The summed E-state index contributed by atoms with van der Waals surface area (Å²) in [6.07, 6.45) is 11.1. The zero-order valence-electron chi connectivity index (χ0n) is 58.3. The first-order valence-corrected chi connectivity index (χ1v) is 35.8. The maximum absolute atomic E-state index is 14.3. The Morgan fingerprint density at radius 1 is 0.540 bits per heavy atom. The molecule has 2 aromatic rings. The van der Waals surface area contributed by atoms with Crippen LogP contribution in [0.2, 0.25) is 0 Å². The molecule has 0 aliphatic carbocycles. The van der Waals surface area contributed by atoms with Gasteiger partial charge in [-0.05, 0) is 103 Å². The van der Waals surface area contributed by atoms with Gasteiger partial charge in [-0.2, -0.15) is 11.8 Å². The number of amides is 8. The van der Waals surface area contributed by atoms with Crippen LogP contribution < -0.4 is 52.6 Å². The van der Waals surface area contributed by atoms with Crippen LogP contribution in [0.3, 0.4) is 0 Å². The van der Waals surface area contributed by atoms with E-state index in [-0.39, 0.29) is 79.1 Å². The van der Waals surface area contributed by atoms with Crippen LogP contribution in [0.25, 0.3) is 6.08 Å². The van der Waals surface area contributed by atoms with Gasteiger partial charge in [0.25, 0.3) is 5.91 Å². The molecule has 0 bridgehead atoms. The first kappa shape index (κ1) is 84.4. The minimum Gasteiger partial charge on any atom is -0.484 e. The molecule has 0 aromatic heterocycles. The molecule has 31 heteroatoms. The minimum absolute atomic E-state index is 0.0232. The van der Waals surface area contributed by atoms with Crippen molar-refractivity contribution in [2.24, 2.45) is 0 Å². The van der Waals surface area contributed by atoms with Crippen LogP contribution in [0.4, 0.5) is 26.7 Å². The standard InChI is InChI=1S/C69H106F5N9O16S/c1-68(2)44-49(45-69(3,4)83-68)79-66(89)52(80-58(87)22-21-51-60(70)62(72)64(74)63(73)61(51)71)43-48-17-19-50(20-18-48)99-46-59(88)78-26-28-92-30-32-94-34-36-96-38-40-98-42-41-97-39-37-95-35-33-93-31-29-91-27-25-77-57(86)15-8-6-12-23-75-55(84)14-7-5-11-24-76-56(85)16-10-9-13-54-65-53(47-100-54)81-67(90)82-65/h17-22,49,52-54,65,83H,5-16,23-47H2,1-4H3,(H,75,84)(H,76,85)(H,77,86)(H,78,88)(H,79,89)(H,80,87)(H2,81,82,90)/b22-21+/t52?,53-,54-,65-/m0/s1. The van der Waals surface area contributed by atoms with Gasteiger partial charge in [0.05, 0.1) is 123 Å².